The molecular formula is C20H17ClN4O3. The summed E-state index contributed by atoms with van der Waals surface area (Å²) in [6.07, 6.45) is 1.67. The number of amides is 2. The number of esters is 1. The lowest BCUT2D eigenvalue weighted by molar-refractivity contribution is -0.136. The number of rotatable bonds is 4. The van der Waals surface area contributed by atoms with E-state index < -0.39 is 18.0 Å². The van der Waals surface area contributed by atoms with Crippen molar-refractivity contribution < 1.29 is 14.3 Å². The van der Waals surface area contributed by atoms with Crippen molar-refractivity contribution in [3.05, 3.63) is 76.7 Å². The number of para-hydroxylation sites is 2. The molecule has 2 amide bonds. The quantitative estimate of drug-likeness (QED) is 0.663. The van der Waals surface area contributed by atoms with Crippen LogP contribution in [0.5, 0.6) is 0 Å². The zero-order valence-electron chi connectivity index (χ0n) is 15.0. The van der Waals surface area contributed by atoms with E-state index in [9.17, 15) is 9.59 Å². The predicted octanol–water partition coefficient (Wildman–Crippen LogP) is 3.17. The van der Waals surface area contributed by atoms with Gasteiger partial charge in [-0.2, -0.15) is 0 Å². The van der Waals surface area contributed by atoms with E-state index in [0.717, 1.165) is 11.0 Å². The number of carbonyl (C=O) groups is 2. The van der Waals surface area contributed by atoms with Crippen LogP contribution in [0.15, 0.2) is 66.1 Å². The highest BCUT2D eigenvalue weighted by Crippen LogP contribution is 2.32. The zero-order chi connectivity index (χ0) is 19.7. The lowest BCUT2D eigenvalue weighted by atomic mass is 9.95. The van der Waals surface area contributed by atoms with Gasteiger partial charge in [0, 0.05) is 5.02 Å². The molecule has 1 aliphatic heterocycles. The Balaban J connectivity index is 1.84. The molecule has 142 valence electrons. The Morgan fingerprint density at radius 3 is 2.75 bits per heavy atom. The van der Waals surface area contributed by atoms with Crippen LogP contribution in [0.2, 0.25) is 5.02 Å². The van der Waals surface area contributed by atoms with E-state index in [1.54, 1.807) is 30.6 Å². The van der Waals surface area contributed by atoms with Crippen molar-refractivity contribution in [2.24, 2.45) is 0 Å². The number of benzene rings is 2. The van der Waals surface area contributed by atoms with E-state index in [-0.39, 0.29) is 6.54 Å². The fourth-order valence-corrected chi connectivity index (χ4v) is 3.59. The molecule has 0 fully saturated rings. The van der Waals surface area contributed by atoms with Gasteiger partial charge in [-0.1, -0.05) is 41.9 Å². The highest BCUT2D eigenvalue weighted by Gasteiger charge is 2.34. The minimum atomic E-state index is -0.723. The number of allylic oxidation sites excluding steroid dienone is 1. The summed E-state index contributed by atoms with van der Waals surface area (Å²) in [6.45, 7) is 0.249. The second-order valence-electron chi connectivity index (χ2n) is 6.30. The van der Waals surface area contributed by atoms with Crippen molar-refractivity contribution in [1.29, 1.82) is 0 Å². The average molecular weight is 397 g/mol. The topological polar surface area (TPSA) is 85.2 Å². The molecule has 28 heavy (non-hydrogen) atoms. The Hall–Kier alpha value is -3.32. The molecule has 0 radical (unpaired) electrons. The highest BCUT2D eigenvalue weighted by atomic mass is 35.5. The minimum absolute atomic E-state index is 0.249. The van der Waals surface area contributed by atoms with Gasteiger partial charge in [-0.25, -0.2) is 14.6 Å². The zero-order valence-corrected chi connectivity index (χ0v) is 15.7. The molecule has 2 heterocycles. The fraction of sp³-hybridized carbons (Fsp3) is 0.150. The van der Waals surface area contributed by atoms with Crippen molar-refractivity contribution in [3.8, 4) is 0 Å². The fourth-order valence-electron chi connectivity index (χ4n) is 3.34. The molecule has 0 aliphatic carbocycles. The molecule has 2 aromatic carbocycles. The maximum absolute atomic E-state index is 12.6. The first-order valence-electron chi connectivity index (χ1n) is 8.61. The van der Waals surface area contributed by atoms with Gasteiger partial charge in [0.15, 0.2) is 0 Å². The first-order chi connectivity index (χ1) is 13.6. The number of urea groups is 1. The predicted molar refractivity (Wildman–Crippen MR) is 105 cm³/mol. The number of ether oxygens (including phenoxy) is 1. The molecule has 1 atom stereocenters. The van der Waals surface area contributed by atoms with E-state index in [4.69, 9.17) is 16.3 Å². The van der Waals surface area contributed by atoms with Crippen LogP contribution < -0.4 is 10.6 Å². The third-order valence-corrected chi connectivity index (χ3v) is 4.98. The number of imidazole rings is 1. The van der Waals surface area contributed by atoms with E-state index in [2.05, 4.69) is 15.6 Å². The molecule has 0 saturated heterocycles. The molecule has 0 spiro atoms. The van der Waals surface area contributed by atoms with Crippen LogP contribution in [-0.2, 0) is 16.1 Å². The number of fused-ring (bicyclic) bond motifs is 1. The molecule has 0 saturated carbocycles. The summed E-state index contributed by atoms with van der Waals surface area (Å²) in [5, 5.41) is 5.96. The Kier molecular flexibility index (Phi) is 4.75. The molecule has 3 aromatic rings. The third-order valence-electron chi connectivity index (χ3n) is 4.63. The summed E-state index contributed by atoms with van der Waals surface area (Å²) in [5.74, 6) is -0.545. The van der Waals surface area contributed by atoms with Crippen molar-refractivity contribution in [2.45, 2.75) is 12.6 Å². The van der Waals surface area contributed by atoms with Crippen molar-refractivity contribution >= 4 is 34.6 Å². The Labute approximate surface area is 166 Å². The number of methoxy groups -OCH3 is 1. The summed E-state index contributed by atoms with van der Waals surface area (Å²) in [5.41, 5.74) is 3.07. The monoisotopic (exact) mass is 396 g/mol. The van der Waals surface area contributed by atoms with Gasteiger partial charge in [0.2, 0.25) is 0 Å². The lowest BCUT2D eigenvalue weighted by Gasteiger charge is -2.29. The first-order valence-corrected chi connectivity index (χ1v) is 8.99. The maximum atomic E-state index is 12.6. The van der Waals surface area contributed by atoms with Crippen molar-refractivity contribution in [3.63, 3.8) is 0 Å². The SMILES string of the molecule is COC(=O)C1=C(Cn2cnc3ccccc32)NC(=O)NC1c1ccccc1Cl. The summed E-state index contributed by atoms with van der Waals surface area (Å²) >= 11 is 6.33. The Morgan fingerprint density at radius 2 is 1.96 bits per heavy atom. The van der Waals surface area contributed by atoms with E-state index in [0.29, 0.717) is 21.9 Å². The number of hydrogen-bond donors (Lipinski definition) is 2. The molecule has 0 bridgehead atoms. The van der Waals surface area contributed by atoms with Gasteiger partial charge in [0.25, 0.3) is 0 Å². The number of carbonyl (C=O) groups excluding carboxylic acids is 2. The number of hydrogen-bond acceptors (Lipinski definition) is 4. The number of nitrogens with one attached hydrogen (secondary N) is 2. The van der Waals surface area contributed by atoms with Gasteiger partial charge < -0.3 is 19.9 Å². The van der Waals surface area contributed by atoms with Gasteiger partial charge >= 0.3 is 12.0 Å². The van der Waals surface area contributed by atoms with E-state index in [1.807, 2.05) is 28.8 Å². The third kappa shape index (κ3) is 3.20. The lowest BCUT2D eigenvalue weighted by Crippen LogP contribution is -2.46. The molecular weight excluding hydrogens is 380 g/mol. The van der Waals surface area contributed by atoms with Crippen LogP contribution in [0.1, 0.15) is 11.6 Å². The van der Waals surface area contributed by atoms with Crippen LogP contribution in [0, 0.1) is 0 Å². The van der Waals surface area contributed by atoms with E-state index in [1.165, 1.54) is 7.11 Å². The smallest absolute Gasteiger partial charge is 0.338 e. The highest BCUT2D eigenvalue weighted by molar-refractivity contribution is 6.31. The summed E-state index contributed by atoms with van der Waals surface area (Å²) in [6, 6.07) is 13.6. The summed E-state index contributed by atoms with van der Waals surface area (Å²) in [4.78, 5) is 29.3. The molecule has 1 unspecified atom stereocenters. The Morgan fingerprint density at radius 1 is 1.21 bits per heavy atom. The molecule has 2 N–H and O–H groups in total. The van der Waals surface area contributed by atoms with Crippen LogP contribution in [0.3, 0.4) is 0 Å². The molecule has 7 nitrogen and oxygen atoms in total. The largest absolute Gasteiger partial charge is 0.466 e. The average Bonchev–Trinajstić information content (AvgIpc) is 3.10. The molecule has 4 rings (SSSR count). The molecule has 1 aromatic heterocycles. The Bertz CT molecular complexity index is 1110. The number of aromatic nitrogens is 2. The second kappa shape index (κ2) is 7.36. The first kappa shape index (κ1) is 18.1. The van der Waals surface area contributed by atoms with Crippen molar-refractivity contribution in [1.82, 2.24) is 20.2 Å². The summed E-state index contributed by atoms with van der Waals surface area (Å²) < 4.78 is 6.86. The summed E-state index contributed by atoms with van der Waals surface area (Å²) in [7, 11) is 1.31. The van der Waals surface area contributed by atoms with Gasteiger partial charge in [0.1, 0.15) is 0 Å². The standard InChI is InChI=1S/C20H17ClN4O3/c1-28-19(26)17-15(10-25-11-22-14-8-4-5-9-16(14)25)23-20(27)24-18(17)12-6-2-3-7-13(12)21/h2-9,11,18H,10H2,1H3,(H2,23,24,27). The van der Waals surface area contributed by atoms with Crippen LogP contribution in [0.25, 0.3) is 11.0 Å². The van der Waals surface area contributed by atoms with Gasteiger partial charge in [-0.3, -0.25) is 0 Å². The minimum Gasteiger partial charge on any atom is -0.466 e. The van der Waals surface area contributed by atoms with Crippen LogP contribution in [-0.4, -0.2) is 28.7 Å². The maximum Gasteiger partial charge on any atom is 0.338 e. The number of halogens is 1. The van der Waals surface area contributed by atoms with Gasteiger partial charge in [-0.15, -0.1) is 0 Å². The van der Waals surface area contributed by atoms with Crippen LogP contribution in [0.4, 0.5) is 4.79 Å². The van der Waals surface area contributed by atoms with Crippen molar-refractivity contribution in [2.75, 3.05) is 7.11 Å². The van der Waals surface area contributed by atoms with E-state index >= 15 is 0 Å². The normalized spacial score (nSPS) is 16.6. The van der Waals surface area contributed by atoms with Crippen LogP contribution >= 0.6 is 11.6 Å². The number of nitrogens with zero attached hydrogens (tertiary/aromatic N) is 2. The van der Waals surface area contributed by atoms with Gasteiger partial charge in [0.05, 0.1) is 48.3 Å². The van der Waals surface area contributed by atoms with Gasteiger partial charge in [-0.05, 0) is 23.8 Å². The molecule has 1 aliphatic rings. The second-order valence-corrected chi connectivity index (χ2v) is 6.71. The molecule has 8 heteroatoms.